The van der Waals surface area contributed by atoms with E-state index in [-0.39, 0.29) is 9.07 Å². The van der Waals surface area contributed by atoms with Crippen molar-refractivity contribution in [3.05, 3.63) is 9.93 Å². The van der Waals surface area contributed by atoms with E-state index < -0.39 is 0 Å². The Bertz CT molecular complexity index is 534. The fourth-order valence-electron chi connectivity index (χ4n) is 3.93. The van der Waals surface area contributed by atoms with E-state index in [9.17, 15) is 0 Å². The molecule has 0 aliphatic carbocycles. The van der Waals surface area contributed by atoms with Crippen molar-refractivity contribution in [2.75, 3.05) is 20.1 Å². The lowest BCUT2D eigenvalue weighted by Gasteiger charge is -2.40. The van der Waals surface area contributed by atoms with Crippen LogP contribution in [-0.4, -0.2) is 54.8 Å². The van der Waals surface area contributed by atoms with E-state index in [0.717, 1.165) is 0 Å². The molecule has 0 aromatic heterocycles. The minimum atomic E-state index is 0.163. The zero-order valence-electron chi connectivity index (χ0n) is 16.8. The van der Waals surface area contributed by atoms with Crippen LogP contribution in [0.25, 0.3) is 0 Å². The molecule has 2 saturated heterocycles. The minimum absolute atomic E-state index is 0.163. The summed E-state index contributed by atoms with van der Waals surface area (Å²) in [5.74, 6) is 0. The van der Waals surface area contributed by atoms with Gasteiger partial charge in [0.05, 0.1) is 5.03 Å². The van der Waals surface area contributed by atoms with E-state index in [4.69, 9.17) is 0 Å². The van der Waals surface area contributed by atoms with Crippen molar-refractivity contribution in [1.29, 1.82) is 0 Å². The third-order valence-corrected chi connectivity index (χ3v) is 11.1. The summed E-state index contributed by atoms with van der Waals surface area (Å²) < 4.78 is 0.222. The largest absolute Gasteiger partial charge is 0.336 e. The molecule has 144 valence electrons. The van der Waals surface area contributed by atoms with Crippen molar-refractivity contribution in [2.45, 2.75) is 85.6 Å². The highest BCUT2D eigenvalue weighted by molar-refractivity contribution is 8.28. The van der Waals surface area contributed by atoms with Gasteiger partial charge in [0.25, 0.3) is 0 Å². The van der Waals surface area contributed by atoms with Crippen LogP contribution >= 0.6 is 47.0 Å². The quantitative estimate of drug-likeness (QED) is 0.477. The van der Waals surface area contributed by atoms with Crippen LogP contribution in [0.5, 0.6) is 0 Å². The van der Waals surface area contributed by atoms with Crippen LogP contribution < -0.4 is 0 Å². The Morgan fingerprint density at radius 2 is 1.52 bits per heavy atom. The van der Waals surface area contributed by atoms with Crippen LogP contribution in [0.15, 0.2) is 9.93 Å². The second kappa shape index (κ2) is 7.73. The molecule has 2 atom stereocenters. The third kappa shape index (κ3) is 3.52. The number of rotatable bonds is 6. The highest BCUT2D eigenvalue weighted by Crippen LogP contribution is 2.82. The molecule has 2 unspecified atom stereocenters. The van der Waals surface area contributed by atoms with E-state index in [1.807, 2.05) is 0 Å². The van der Waals surface area contributed by atoms with Gasteiger partial charge in [-0.25, -0.2) is 0 Å². The fourth-order valence-corrected chi connectivity index (χ4v) is 11.1. The zero-order valence-corrected chi connectivity index (χ0v) is 20.1. The van der Waals surface area contributed by atoms with Gasteiger partial charge < -0.3 is 4.90 Å². The molecule has 0 N–H and O–H groups in total. The Morgan fingerprint density at radius 3 is 2.12 bits per heavy atom. The molecule has 2 fully saturated rings. The number of thioether (sulfide) groups is 4. The zero-order chi connectivity index (χ0) is 18.4. The van der Waals surface area contributed by atoms with E-state index in [0.29, 0.717) is 15.7 Å². The molecule has 6 heteroatoms. The summed E-state index contributed by atoms with van der Waals surface area (Å²) in [6.45, 7) is 16.6. The average Bonchev–Trinajstić information content (AvgIpc) is 3.09. The molecule has 0 radical (unpaired) electrons. The minimum Gasteiger partial charge on any atom is -0.336 e. The molecule has 2 nitrogen and oxygen atoms in total. The fraction of sp³-hybridized carbons (Fsp3) is 0.895. The molecule has 0 amide bonds. The molecule has 3 rings (SSSR count). The lowest BCUT2D eigenvalue weighted by Crippen LogP contribution is -2.51. The molecule has 0 saturated carbocycles. The van der Waals surface area contributed by atoms with E-state index in [1.165, 1.54) is 32.4 Å². The van der Waals surface area contributed by atoms with Gasteiger partial charge in [-0.05, 0) is 19.9 Å². The summed E-state index contributed by atoms with van der Waals surface area (Å²) in [5, 5.41) is 3.51. The molecular weight excluding hydrogens is 384 g/mol. The Kier molecular flexibility index (Phi) is 6.38. The van der Waals surface area contributed by atoms with Crippen LogP contribution in [0, 0.1) is 0 Å². The second-order valence-electron chi connectivity index (χ2n) is 8.09. The van der Waals surface area contributed by atoms with Gasteiger partial charge in [0, 0.05) is 33.7 Å². The maximum absolute atomic E-state index is 2.81. The first-order valence-electron chi connectivity index (χ1n) is 9.69. The summed E-state index contributed by atoms with van der Waals surface area (Å²) in [7, 11) is 2.37. The molecule has 25 heavy (non-hydrogen) atoms. The van der Waals surface area contributed by atoms with Crippen molar-refractivity contribution in [3.63, 3.8) is 0 Å². The van der Waals surface area contributed by atoms with Gasteiger partial charge in [-0.3, -0.25) is 4.90 Å². The van der Waals surface area contributed by atoms with Gasteiger partial charge in [0.15, 0.2) is 4.99 Å². The summed E-state index contributed by atoms with van der Waals surface area (Å²) in [5.41, 5.74) is 0. The number of nitrogens with zero attached hydrogens (tertiary/aromatic N) is 2. The van der Waals surface area contributed by atoms with Crippen molar-refractivity contribution >= 4 is 47.0 Å². The Balaban J connectivity index is 2.08. The van der Waals surface area contributed by atoms with Crippen LogP contribution in [0.4, 0.5) is 0 Å². The van der Waals surface area contributed by atoms with Crippen LogP contribution in [0.2, 0.25) is 0 Å². The molecule has 0 aromatic carbocycles. The van der Waals surface area contributed by atoms with Gasteiger partial charge in [0.1, 0.15) is 4.08 Å². The van der Waals surface area contributed by atoms with Gasteiger partial charge in [-0.1, -0.05) is 59.7 Å². The lowest BCUT2D eigenvalue weighted by molar-refractivity contribution is 0.0907. The maximum atomic E-state index is 2.81. The summed E-state index contributed by atoms with van der Waals surface area (Å²) in [6, 6.07) is 0. The molecule has 1 spiro atoms. The first kappa shape index (κ1) is 20.6. The molecule has 0 aromatic rings. The average molecular weight is 419 g/mol. The standard InChI is InChI=1S/C19H34N2S4/c1-13(2)22-16-17(23-14(3)4)21-12-10-8-9-11-20(7)19(21)18(16,25-19)24-15(5)6/h13-15H,8-12H2,1-7H3. The van der Waals surface area contributed by atoms with Gasteiger partial charge >= 0.3 is 0 Å². The van der Waals surface area contributed by atoms with Crippen molar-refractivity contribution in [2.24, 2.45) is 0 Å². The number of hydrogen-bond acceptors (Lipinski definition) is 6. The number of hydrogen-bond donors (Lipinski definition) is 0. The molecule has 3 aliphatic rings. The van der Waals surface area contributed by atoms with Crippen molar-refractivity contribution in [1.82, 2.24) is 9.80 Å². The normalized spacial score (nSPS) is 33.1. The Morgan fingerprint density at radius 1 is 0.880 bits per heavy atom. The topological polar surface area (TPSA) is 6.48 Å². The Labute approximate surface area is 172 Å². The summed E-state index contributed by atoms with van der Waals surface area (Å²) >= 11 is 8.65. The predicted octanol–water partition coefficient (Wildman–Crippen LogP) is 6.11. The third-order valence-electron chi connectivity index (χ3n) is 4.77. The molecular formula is C19H34N2S4. The SMILES string of the molecule is CC(C)SC1=C(SC(C)C)C2(SC(C)C)SC23N(C)CCCCCN13. The molecule has 3 heterocycles. The van der Waals surface area contributed by atoms with Gasteiger partial charge in [-0.2, -0.15) is 0 Å². The Hall–Kier alpha value is 0.900. The van der Waals surface area contributed by atoms with Crippen molar-refractivity contribution in [3.8, 4) is 0 Å². The van der Waals surface area contributed by atoms with Gasteiger partial charge in [0.2, 0.25) is 0 Å². The maximum Gasteiger partial charge on any atom is 0.173 e. The smallest absolute Gasteiger partial charge is 0.173 e. The first-order valence-corrected chi connectivity index (χ1v) is 13.1. The highest BCUT2D eigenvalue weighted by Gasteiger charge is 2.81. The van der Waals surface area contributed by atoms with Crippen molar-refractivity contribution < 1.29 is 0 Å². The van der Waals surface area contributed by atoms with E-state index in [1.54, 1.807) is 9.93 Å². The second-order valence-corrected chi connectivity index (χ2v) is 14.7. The van der Waals surface area contributed by atoms with Crippen LogP contribution in [0.3, 0.4) is 0 Å². The molecule has 0 bridgehead atoms. The van der Waals surface area contributed by atoms with Crippen LogP contribution in [0.1, 0.15) is 60.8 Å². The predicted molar refractivity (Wildman–Crippen MR) is 121 cm³/mol. The first-order chi connectivity index (χ1) is 11.7. The monoisotopic (exact) mass is 418 g/mol. The van der Waals surface area contributed by atoms with E-state index in [2.05, 4.69) is 105 Å². The highest BCUT2D eigenvalue weighted by atomic mass is 32.2. The lowest BCUT2D eigenvalue weighted by atomic mass is 10.1. The summed E-state index contributed by atoms with van der Waals surface area (Å²) in [4.78, 5) is 7.32. The molecule has 3 aliphatic heterocycles. The summed E-state index contributed by atoms with van der Waals surface area (Å²) in [6.07, 6.45) is 4.03. The van der Waals surface area contributed by atoms with Gasteiger partial charge in [-0.15, -0.1) is 35.3 Å². The van der Waals surface area contributed by atoms with Crippen LogP contribution in [-0.2, 0) is 0 Å². The van der Waals surface area contributed by atoms with E-state index >= 15 is 0 Å².